The molecule has 0 saturated carbocycles. The monoisotopic (exact) mass is 478 g/mol. The molecule has 1 unspecified atom stereocenters. The summed E-state index contributed by atoms with van der Waals surface area (Å²) >= 11 is 0. The molecule has 1 heterocycles. The van der Waals surface area contributed by atoms with Gasteiger partial charge in [-0.2, -0.15) is 0 Å². The Morgan fingerprint density at radius 1 is 0.829 bits per heavy atom. The molecule has 1 saturated heterocycles. The van der Waals surface area contributed by atoms with Crippen LogP contribution in [0.25, 0.3) is 0 Å². The molecule has 35 heavy (non-hydrogen) atoms. The maximum atomic E-state index is 13.5. The Bertz CT molecular complexity index is 1200. The standard InChI is InChI=1S/C27H28F2N4O2/c1-18(19-8-4-2-5-9-19)30-26(34)22-16-20(11-13-25(22)33-14-6-3-7-15-33)31-27(35)32-21-10-12-23(28)24(29)17-21/h2,4-5,8-13,16-18H,3,6-7,14-15H2,1H3,(H,30,34)(H2,31,32,35). The second-order valence-corrected chi connectivity index (χ2v) is 8.59. The molecule has 3 N–H and O–H groups in total. The quantitative estimate of drug-likeness (QED) is 0.401. The van der Waals surface area contributed by atoms with Crippen LogP contribution in [0.2, 0.25) is 0 Å². The van der Waals surface area contributed by atoms with Gasteiger partial charge in [0.05, 0.1) is 11.6 Å². The van der Waals surface area contributed by atoms with Gasteiger partial charge in [0.1, 0.15) is 0 Å². The summed E-state index contributed by atoms with van der Waals surface area (Å²) in [5.74, 6) is -2.29. The fraction of sp³-hybridized carbons (Fsp3) is 0.259. The Morgan fingerprint density at radius 2 is 1.49 bits per heavy atom. The van der Waals surface area contributed by atoms with Crippen LogP contribution >= 0.6 is 0 Å². The number of benzene rings is 3. The van der Waals surface area contributed by atoms with Gasteiger partial charge in [-0.3, -0.25) is 4.79 Å². The van der Waals surface area contributed by atoms with E-state index in [1.54, 1.807) is 12.1 Å². The molecule has 1 fully saturated rings. The SMILES string of the molecule is CC(NC(=O)c1cc(NC(=O)Nc2ccc(F)c(F)c2)ccc1N1CCCCC1)c1ccccc1. The van der Waals surface area contributed by atoms with E-state index >= 15 is 0 Å². The first-order valence-electron chi connectivity index (χ1n) is 11.7. The highest BCUT2D eigenvalue weighted by Crippen LogP contribution is 2.28. The molecule has 6 nitrogen and oxygen atoms in total. The molecule has 182 valence electrons. The zero-order chi connectivity index (χ0) is 24.8. The first-order chi connectivity index (χ1) is 16.9. The lowest BCUT2D eigenvalue weighted by atomic mass is 10.0. The number of carbonyl (C=O) groups excluding carboxylic acids is 2. The molecule has 0 aromatic heterocycles. The third-order valence-electron chi connectivity index (χ3n) is 6.02. The predicted octanol–water partition coefficient (Wildman–Crippen LogP) is 6.09. The third kappa shape index (κ3) is 6.15. The molecule has 4 rings (SSSR count). The molecule has 3 amide bonds. The molecule has 0 aliphatic carbocycles. The second-order valence-electron chi connectivity index (χ2n) is 8.59. The number of nitrogens with zero attached hydrogens (tertiary/aromatic N) is 1. The highest BCUT2D eigenvalue weighted by molar-refractivity contribution is 6.04. The first-order valence-corrected chi connectivity index (χ1v) is 11.7. The summed E-state index contributed by atoms with van der Waals surface area (Å²) in [4.78, 5) is 28.0. The van der Waals surface area contributed by atoms with Crippen molar-refractivity contribution >= 4 is 29.0 Å². The topological polar surface area (TPSA) is 73.5 Å². The van der Waals surface area contributed by atoms with E-state index in [0.29, 0.717) is 11.3 Å². The highest BCUT2D eigenvalue weighted by atomic mass is 19.2. The van der Waals surface area contributed by atoms with Gasteiger partial charge in [0.2, 0.25) is 0 Å². The number of carbonyl (C=O) groups is 2. The summed E-state index contributed by atoms with van der Waals surface area (Å²) in [6.45, 7) is 3.64. The first kappa shape index (κ1) is 24.2. The fourth-order valence-electron chi connectivity index (χ4n) is 4.17. The van der Waals surface area contributed by atoms with Crippen LogP contribution < -0.4 is 20.9 Å². The average Bonchev–Trinajstić information content (AvgIpc) is 2.87. The summed E-state index contributed by atoms with van der Waals surface area (Å²) in [6.07, 6.45) is 3.27. The third-order valence-corrected chi connectivity index (χ3v) is 6.02. The van der Waals surface area contributed by atoms with Crippen molar-refractivity contribution in [3.63, 3.8) is 0 Å². The van der Waals surface area contributed by atoms with Crippen LogP contribution in [0.15, 0.2) is 66.7 Å². The molecule has 3 aromatic rings. The Kier molecular flexibility index (Phi) is 7.60. The van der Waals surface area contributed by atoms with Gasteiger partial charge in [-0.25, -0.2) is 13.6 Å². The van der Waals surface area contributed by atoms with E-state index in [0.717, 1.165) is 55.7 Å². The maximum Gasteiger partial charge on any atom is 0.323 e. The van der Waals surface area contributed by atoms with Crippen LogP contribution in [-0.4, -0.2) is 25.0 Å². The van der Waals surface area contributed by atoms with E-state index in [4.69, 9.17) is 0 Å². The van der Waals surface area contributed by atoms with E-state index in [1.165, 1.54) is 6.07 Å². The second kappa shape index (κ2) is 11.0. The molecular formula is C27H28F2N4O2. The smallest absolute Gasteiger partial charge is 0.323 e. The normalized spacial score (nSPS) is 14.2. The molecule has 0 radical (unpaired) electrons. The molecule has 8 heteroatoms. The lowest BCUT2D eigenvalue weighted by Crippen LogP contribution is -2.33. The maximum absolute atomic E-state index is 13.5. The average molecular weight is 479 g/mol. The van der Waals surface area contributed by atoms with E-state index < -0.39 is 17.7 Å². The number of halogens is 2. The summed E-state index contributed by atoms with van der Waals surface area (Å²) in [7, 11) is 0. The highest BCUT2D eigenvalue weighted by Gasteiger charge is 2.21. The lowest BCUT2D eigenvalue weighted by molar-refractivity contribution is 0.0940. The largest absolute Gasteiger partial charge is 0.371 e. The van der Waals surface area contributed by atoms with Crippen molar-refractivity contribution < 1.29 is 18.4 Å². The molecule has 0 spiro atoms. The Hall–Kier alpha value is -3.94. The van der Waals surface area contributed by atoms with Crippen molar-refractivity contribution in [3.05, 3.63) is 89.5 Å². The Morgan fingerprint density at radius 3 is 2.17 bits per heavy atom. The summed E-state index contributed by atoms with van der Waals surface area (Å²) in [6, 6.07) is 17.2. The van der Waals surface area contributed by atoms with Gasteiger partial charge in [0.15, 0.2) is 11.6 Å². The van der Waals surface area contributed by atoms with E-state index in [9.17, 15) is 18.4 Å². The van der Waals surface area contributed by atoms with Gasteiger partial charge in [-0.1, -0.05) is 30.3 Å². The van der Waals surface area contributed by atoms with Crippen molar-refractivity contribution in [2.75, 3.05) is 28.6 Å². The summed E-state index contributed by atoms with van der Waals surface area (Å²) in [5, 5.41) is 8.19. The molecule has 1 aliphatic heterocycles. The number of hydrogen-bond acceptors (Lipinski definition) is 3. The number of rotatable bonds is 6. The van der Waals surface area contributed by atoms with E-state index in [2.05, 4.69) is 20.9 Å². The van der Waals surface area contributed by atoms with Crippen molar-refractivity contribution in [1.82, 2.24) is 5.32 Å². The molecule has 0 bridgehead atoms. The Balaban J connectivity index is 1.54. The lowest BCUT2D eigenvalue weighted by Gasteiger charge is -2.31. The van der Waals surface area contributed by atoms with Crippen molar-refractivity contribution in [2.45, 2.75) is 32.2 Å². The van der Waals surface area contributed by atoms with Crippen molar-refractivity contribution in [2.24, 2.45) is 0 Å². The molecule has 1 atom stereocenters. The number of hydrogen-bond donors (Lipinski definition) is 3. The fourth-order valence-corrected chi connectivity index (χ4v) is 4.17. The van der Waals surface area contributed by atoms with Crippen LogP contribution in [0.4, 0.5) is 30.6 Å². The predicted molar refractivity (Wildman–Crippen MR) is 134 cm³/mol. The van der Waals surface area contributed by atoms with Crippen molar-refractivity contribution in [3.8, 4) is 0 Å². The number of anilines is 3. The molecular weight excluding hydrogens is 450 g/mol. The number of urea groups is 1. The minimum atomic E-state index is -1.06. The van der Waals surface area contributed by atoms with E-state index in [1.807, 2.05) is 43.3 Å². The number of piperidine rings is 1. The van der Waals surface area contributed by atoms with Gasteiger partial charge in [0, 0.05) is 36.2 Å². The van der Waals surface area contributed by atoms with Crippen LogP contribution in [0.3, 0.4) is 0 Å². The van der Waals surface area contributed by atoms with Gasteiger partial charge in [-0.15, -0.1) is 0 Å². The zero-order valence-corrected chi connectivity index (χ0v) is 19.5. The number of amides is 3. The minimum absolute atomic E-state index is 0.112. The van der Waals surface area contributed by atoms with Crippen LogP contribution in [0.1, 0.15) is 48.1 Å². The van der Waals surface area contributed by atoms with Crippen molar-refractivity contribution in [1.29, 1.82) is 0 Å². The minimum Gasteiger partial charge on any atom is -0.371 e. The van der Waals surface area contributed by atoms with Gasteiger partial charge >= 0.3 is 6.03 Å². The zero-order valence-electron chi connectivity index (χ0n) is 19.5. The van der Waals surface area contributed by atoms with Gasteiger partial charge in [-0.05, 0) is 62.1 Å². The van der Waals surface area contributed by atoms with Crippen LogP contribution in [-0.2, 0) is 0 Å². The summed E-state index contributed by atoms with van der Waals surface area (Å²) < 4.78 is 26.6. The van der Waals surface area contributed by atoms with Gasteiger partial charge < -0.3 is 20.9 Å². The van der Waals surface area contributed by atoms with Crippen LogP contribution in [0.5, 0.6) is 0 Å². The Labute approximate surface area is 203 Å². The van der Waals surface area contributed by atoms with Gasteiger partial charge in [0.25, 0.3) is 5.91 Å². The number of nitrogens with one attached hydrogen (secondary N) is 3. The van der Waals surface area contributed by atoms with Crippen LogP contribution in [0, 0.1) is 11.6 Å². The molecule has 3 aromatic carbocycles. The van der Waals surface area contributed by atoms with E-state index in [-0.39, 0.29) is 17.6 Å². The molecule has 1 aliphatic rings. The summed E-state index contributed by atoms with van der Waals surface area (Å²) in [5.41, 5.74) is 2.78.